The van der Waals surface area contributed by atoms with E-state index in [1.54, 1.807) is 19.9 Å². The molecule has 0 fully saturated rings. The van der Waals surface area contributed by atoms with Gasteiger partial charge in [-0.1, -0.05) is 37.0 Å². The maximum absolute atomic E-state index is 11.7. The molecule has 0 amide bonds. The highest BCUT2D eigenvalue weighted by molar-refractivity contribution is 6.38. The summed E-state index contributed by atoms with van der Waals surface area (Å²) in [6.07, 6.45) is 0. The van der Waals surface area contributed by atoms with Crippen LogP contribution >= 0.6 is 23.2 Å². The summed E-state index contributed by atoms with van der Waals surface area (Å²) < 4.78 is 0. The highest BCUT2D eigenvalue weighted by Gasteiger charge is 2.18. The maximum atomic E-state index is 11.7. The third kappa shape index (κ3) is 2.31. The molecule has 0 aliphatic rings. The van der Waals surface area contributed by atoms with Gasteiger partial charge in [0.1, 0.15) is 6.07 Å². The zero-order valence-corrected chi connectivity index (χ0v) is 9.86. The van der Waals surface area contributed by atoms with Crippen LogP contribution in [0, 0.1) is 17.2 Å². The molecule has 4 heteroatoms. The van der Waals surface area contributed by atoms with E-state index >= 15 is 0 Å². The van der Waals surface area contributed by atoms with Gasteiger partial charge in [-0.15, -0.1) is 0 Å². The quantitative estimate of drug-likeness (QED) is 0.741. The summed E-state index contributed by atoms with van der Waals surface area (Å²) in [4.78, 5) is 11.7. The average Bonchev–Trinajstić information content (AvgIpc) is 2.17. The standard InChI is InChI=1S/C11H9Cl2NO/c1-6(2)11(15)7-3-4-9(12)8(5-14)10(7)13/h3-4,6H,1-2H3. The molecule has 0 bridgehead atoms. The Bertz CT molecular complexity index is 447. The first kappa shape index (κ1) is 12.0. The van der Waals surface area contributed by atoms with Crippen LogP contribution in [0.4, 0.5) is 0 Å². The second-order valence-corrected chi connectivity index (χ2v) is 4.20. The number of nitriles is 1. The summed E-state index contributed by atoms with van der Waals surface area (Å²) >= 11 is 11.7. The van der Waals surface area contributed by atoms with Crippen molar-refractivity contribution in [2.45, 2.75) is 13.8 Å². The predicted octanol–water partition coefficient (Wildman–Crippen LogP) is 3.70. The number of ketones is 1. The van der Waals surface area contributed by atoms with Crippen molar-refractivity contribution < 1.29 is 4.79 Å². The summed E-state index contributed by atoms with van der Waals surface area (Å²) in [5, 5.41) is 9.22. The second-order valence-electron chi connectivity index (χ2n) is 3.41. The first-order valence-corrected chi connectivity index (χ1v) is 5.17. The van der Waals surface area contributed by atoms with Crippen LogP contribution in [-0.4, -0.2) is 5.78 Å². The molecule has 15 heavy (non-hydrogen) atoms. The molecular formula is C11H9Cl2NO. The van der Waals surface area contributed by atoms with Crippen molar-refractivity contribution in [1.82, 2.24) is 0 Å². The SMILES string of the molecule is CC(C)C(=O)c1ccc(Cl)c(C#N)c1Cl. The Morgan fingerprint density at radius 2 is 2.00 bits per heavy atom. The van der Waals surface area contributed by atoms with Gasteiger partial charge in [-0.3, -0.25) is 4.79 Å². The van der Waals surface area contributed by atoms with Gasteiger partial charge in [-0.05, 0) is 12.1 Å². The van der Waals surface area contributed by atoms with Gasteiger partial charge in [0, 0.05) is 11.5 Å². The zero-order chi connectivity index (χ0) is 11.6. The number of hydrogen-bond acceptors (Lipinski definition) is 2. The van der Waals surface area contributed by atoms with Crippen LogP contribution in [0.15, 0.2) is 12.1 Å². The fourth-order valence-electron chi connectivity index (χ4n) is 1.16. The topological polar surface area (TPSA) is 40.9 Å². The van der Waals surface area contributed by atoms with Gasteiger partial charge in [0.05, 0.1) is 15.6 Å². The van der Waals surface area contributed by atoms with Crippen LogP contribution in [-0.2, 0) is 0 Å². The van der Waals surface area contributed by atoms with Crippen molar-refractivity contribution >= 4 is 29.0 Å². The van der Waals surface area contributed by atoms with Crippen molar-refractivity contribution in [1.29, 1.82) is 5.26 Å². The van der Waals surface area contributed by atoms with Crippen molar-refractivity contribution in [2.75, 3.05) is 0 Å². The monoisotopic (exact) mass is 241 g/mol. The minimum absolute atomic E-state index is 0.0897. The van der Waals surface area contributed by atoms with Crippen LogP contribution in [0.3, 0.4) is 0 Å². The van der Waals surface area contributed by atoms with E-state index in [0.29, 0.717) is 5.56 Å². The fraction of sp³-hybridized carbons (Fsp3) is 0.273. The lowest BCUT2D eigenvalue weighted by Crippen LogP contribution is -2.08. The average molecular weight is 242 g/mol. The van der Waals surface area contributed by atoms with Gasteiger partial charge < -0.3 is 0 Å². The maximum Gasteiger partial charge on any atom is 0.166 e. The summed E-state index contributed by atoms with van der Waals surface area (Å²) in [6, 6.07) is 4.95. The molecule has 0 spiro atoms. The molecule has 78 valence electrons. The number of halogens is 2. The molecule has 2 nitrogen and oxygen atoms in total. The summed E-state index contributed by atoms with van der Waals surface area (Å²) in [7, 11) is 0. The van der Waals surface area contributed by atoms with Crippen LogP contribution in [0.5, 0.6) is 0 Å². The summed E-state index contributed by atoms with van der Waals surface area (Å²) in [5.41, 5.74) is 0.512. The molecular weight excluding hydrogens is 233 g/mol. The number of nitrogens with zero attached hydrogens (tertiary/aromatic N) is 1. The Kier molecular flexibility index (Phi) is 3.73. The Morgan fingerprint density at radius 3 is 2.47 bits per heavy atom. The highest BCUT2D eigenvalue weighted by atomic mass is 35.5. The molecule has 0 aliphatic heterocycles. The van der Waals surface area contributed by atoms with Crippen LogP contribution in [0.25, 0.3) is 0 Å². The largest absolute Gasteiger partial charge is 0.294 e. The van der Waals surface area contributed by atoms with E-state index in [2.05, 4.69) is 0 Å². The Labute approximate surface area is 98.4 Å². The van der Waals surface area contributed by atoms with Crippen molar-refractivity contribution in [3.05, 3.63) is 33.3 Å². The molecule has 0 saturated carbocycles. The van der Waals surface area contributed by atoms with Crippen LogP contribution in [0.1, 0.15) is 29.8 Å². The molecule has 0 radical (unpaired) electrons. The van der Waals surface area contributed by atoms with Gasteiger partial charge in [-0.2, -0.15) is 5.26 Å². The van der Waals surface area contributed by atoms with Gasteiger partial charge in [0.25, 0.3) is 0 Å². The number of carbonyl (C=O) groups excluding carboxylic acids is 1. The molecule has 0 N–H and O–H groups in total. The molecule has 0 atom stereocenters. The van der Waals surface area contributed by atoms with E-state index in [1.807, 2.05) is 6.07 Å². The Morgan fingerprint density at radius 1 is 1.40 bits per heavy atom. The molecule has 0 unspecified atom stereocenters. The Balaban J connectivity index is 3.36. The van der Waals surface area contributed by atoms with Gasteiger partial charge >= 0.3 is 0 Å². The number of benzene rings is 1. The number of rotatable bonds is 2. The molecule has 0 saturated heterocycles. The molecule has 1 aromatic carbocycles. The van der Waals surface area contributed by atoms with Crippen LogP contribution < -0.4 is 0 Å². The van der Waals surface area contributed by atoms with Crippen molar-refractivity contribution in [2.24, 2.45) is 5.92 Å². The second kappa shape index (κ2) is 4.65. The molecule has 0 aromatic heterocycles. The smallest absolute Gasteiger partial charge is 0.166 e. The van der Waals surface area contributed by atoms with Crippen LogP contribution in [0.2, 0.25) is 10.0 Å². The van der Waals surface area contributed by atoms with E-state index in [9.17, 15) is 4.79 Å². The first-order valence-electron chi connectivity index (χ1n) is 4.41. The minimum Gasteiger partial charge on any atom is -0.294 e. The minimum atomic E-state index is -0.157. The van der Waals surface area contributed by atoms with Gasteiger partial charge in [0.2, 0.25) is 0 Å². The van der Waals surface area contributed by atoms with E-state index in [0.717, 1.165) is 0 Å². The zero-order valence-electron chi connectivity index (χ0n) is 8.34. The molecule has 0 heterocycles. The predicted molar refractivity (Wildman–Crippen MR) is 60.3 cm³/mol. The fourth-order valence-corrected chi connectivity index (χ4v) is 1.70. The van der Waals surface area contributed by atoms with Gasteiger partial charge in [0.15, 0.2) is 5.78 Å². The van der Waals surface area contributed by atoms with Crippen molar-refractivity contribution in [3.63, 3.8) is 0 Å². The lowest BCUT2D eigenvalue weighted by Gasteiger charge is -2.08. The normalized spacial score (nSPS) is 10.1. The Hall–Kier alpha value is -1.04. The molecule has 0 aliphatic carbocycles. The number of Topliss-reactive ketones (excluding diaryl/α,β-unsaturated/α-hetero) is 1. The number of carbonyl (C=O) groups is 1. The summed E-state index contributed by atoms with van der Waals surface area (Å²) in [6.45, 7) is 3.55. The lowest BCUT2D eigenvalue weighted by atomic mass is 9.99. The van der Waals surface area contributed by atoms with E-state index in [1.165, 1.54) is 6.07 Å². The third-order valence-corrected chi connectivity index (χ3v) is 2.70. The van der Waals surface area contributed by atoms with E-state index in [4.69, 9.17) is 28.5 Å². The van der Waals surface area contributed by atoms with E-state index in [-0.39, 0.29) is 27.3 Å². The van der Waals surface area contributed by atoms with Gasteiger partial charge in [-0.25, -0.2) is 0 Å². The highest BCUT2D eigenvalue weighted by Crippen LogP contribution is 2.28. The van der Waals surface area contributed by atoms with Crippen molar-refractivity contribution in [3.8, 4) is 6.07 Å². The van der Waals surface area contributed by atoms with E-state index < -0.39 is 0 Å². The molecule has 1 rings (SSSR count). The first-order chi connectivity index (χ1) is 6.99. The summed E-state index contributed by atoms with van der Waals surface area (Å²) in [5.74, 6) is -0.247. The third-order valence-electron chi connectivity index (χ3n) is 1.99. The molecule has 1 aromatic rings. The lowest BCUT2D eigenvalue weighted by molar-refractivity contribution is 0.0939. The number of hydrogen-bond donors (Lipinski definition) is 0.